The molecule has 3 aromatic rings. The molecular formula is C18H27Cl4N7O2. The van der Waals surface area contributed by atoms with Gasteiger partial charge in [-0.2, -0.15) is 0 Å². The van der Waals surface area contributed by atoms with Crippen molar-refractivity contribution in [3.05, 3.63) is 48.9 Å². The molecule has 13 heteroatoms. The highest BCUT2D eigenvalue weighted by atomic mass is 35.5. The second kappa shape index (κ2) is 13.2. The molecule has 0 amide bonds. The van der Waals surface area contributed by atoms with E-state index >= 15 is 0 Å². The standard InChI is InChI=1S/C18H23N7O2.4ClH/c1-24-6-5-20-16(24)9-21-14-7-13(17(26)18(14)27)10-25-11-15(22-23-25)12-3-2-4-19-8-12;;;;/h2-6,8,11,13-14,17-18,21,26-27H,7,9-10H2,1H3;4*1H/t13-,14-,17-,18+;;;;/m1..../s1. The Morgan fingerprint density at radius 1 is 1.13 bits per heavy atom. The molecule has 31 heavy (non-hydrogen) atoms. The van der Waals surface area contributed by atoms with Gasteiger partial charge in [0.2, 0.25) is 0 Å². The fourth-order valence-electron chi connectivity index (χ4n) is 3.57. The molecule has 1 aliphatic rings. The number of imidazole rings is 1. The molecule has 1 fully saturated rings. The summed E-state index contributed by atoms with van der Waals surface area (Å²) >= 11 is 0. The van der Waals surface area contributed by atoms with E-state index in [0.29, 0.717) is 19.5 Å². The van der Waals surface area contributed by atoms with Gasteiger partial charge in [0.1, 0.15) is 11.5 Å². The Labute approximate surface area is 205 Å². The van der Waals surface area contributed by atoms with Crippen molar-refractivity contribution in [1.82, 2.24) is 34.8 Å². The number of nitrogens with one attached hydrogen (secondary N) is 1. The van der Waals surface area contributed by atoms with Crippen LogP contribution in [0.15, 0.2) is 43.1 Å². The third-order valence-electron chi connectivity index (χ3n) is 5.16. The summed E-state index contributed by atoms with van der Waals surface area (Å²) in [4.78, 5) is 8.36. The van der Waals surface area contributed by atoms with Crippen LogP contribution in [0, 0.1) is 5.92 Å². The van der Waals surface area contributed by atoms with E-state index in [9.17, 15) is 10.2 Å². The molecule has 0 unspecified atom stereocenters. The van der Waals surface area contributed by atoms with Crippen LogP contribution in [0.1, 0.15) is 12.2 Å². The summed E-state index contributed by atoms with van der Waals surface area (Å²) in [5.74, 6) is 0.778. The molecule has 3 aromatic heterocycles. The summed E-state index contributed by atoms with van der Waals surface area (Å²) in [7, 11) is 1.93. The van der Waals surface area contributed by atoms with Gasteiger partial charge in [0.25, 0.3) is 0 Å². The number of aryl methyl sites for hydroxylation is 1. The zero-order valence-corrected chi connectivity index (χ0v) is 19.9. The number of hydrogen-bond acceptors (Lipinski definition) is 7. The number of aromatic nitrogens is 6. The predicted molar refractivity (Wildman–Crippen MR) is 126 cm³/mol. The van der Waals surface area contributed by atoms with E-state index in [1.807, 2.05) is 36.1 Å². The number of rotatable bonds is 6. The molecule has 0 radical (unpaired) electrons. The summed E-state index contributed by atoms with van der Waals surface area (Å²) in [6, 6.07) is 3.58. The average Bonchev–Trinajstić information content (AvgIpc) is 3.38. The topological polar surface area (TPSA) is 114 Å². The second-order valence-corrected chi connectivity index (χ2v) is 6.99. The largest absolute Gasteiger partial charge is 0.390 e. The SMILES string of the molecule is Cl.Cl.Cl.Cl.Cn1ccnc1CN[C@@H]1C[C@H](Cn2cc(-c3cccnc3)nn2)[C@@H](O)[C@H]1O. The lowest BCUT2D eigenvalue weighted by Gasteiger charge is -2.18. The van der Waals surface area contributed by atoms with Gasteiger partial charge in [0, 0.05) is 55.9 Å². The van der Waals surface area contributed by atoms with Crippen molar-refractivity contribution in [3.8, 4) is 11.3 Å². The van der Waals surface area contributed by atoms with Gasteiger partial charge in [-0.05, 0) is 18.6 Å². The van der Waals surface area contributed by atoms with Crippen LogP contribution in [0.5, 0.6) is 0 Å². The Morgan fingerprint density at radius 3 is 2.55 bits per heavy atom. The van der Waals surface area contributed by atoms with Crippen LogP contribution < -0.4 is 5.32 Å². The Kier molecular flexibility index (Phi) is 12.6. The molecule has 1 saturated carbocycles. The maximum Gasteiger partial charge on any atom is 0.122 e. The Bertz CT molecular complexity index is 896. The minimum absolute atomic E-state index is 0. The van der Waals surface area contributed by atoms with Crippen LogP contribution in [0.2, 0.25) is 0 Å². The third kappa shape index (κ3) is 6.76. The van der Waals surface area contributed by atoms with Crippen LogP contribution in [0.3, 0.4) is 0 Å². The van der Waals surface area contributed by atoms with Gasteiger partial charge in [0.05, 0.1) is 24.9 Å². The van der Waals surface area contributed by atoms with Crippen molar-refractivity contribution < 1.29 is 10.2 Å². The molecule has 0 saturated heterocycles. The van der Waals surface area contributed by atoms with Gasteiger partial charge in [-0.3, -0.25) is 9.67 Å². The minimum atomic E-state index is -0.823. The molecule has 9 nitrogen and oxygen atoms in total. The second-order valence-electron chi connectivity index (χ2n) is 6.99. The third-order valence-corrected chi connectivity index (χ3v) is 5.16. The van der Waals surface area contributed by atoms with Crippen LogP contribution in [0.25, 0.3) is 11.3 Å². The first-order valence-electron chi connectivity index (χ1n) is 8.98. The minimum Gasteiger partial charge on any atom is -0.390 e. The average molecular weight is 515 g/mol. The Hall–Kier alpha value is -1.46. The van der Waals surface area contributed by atoms with E-state index in [4.69, 9.17) is 0 Å². The zero-order chi connectivity index (χ0) is 18.8. The van der Waals surface area contributed by atoms with Crippen molar-refractivity contribution in [2.24, 2.45) is 13.0 Å². The quantitative estimate of drug-likeness (QED) is 0.458. The highest BCUT2D eigenvalue weighted by Crippen LogP contribution is 2.28. The first kappa shape index (κ1) is 29.5. The van der Waals surface area contributed by atoms with Gasteiger partial charge in [-0.15, -0.1) is 54.7 Å². The van der Waals surface area contributed by atoms with Gasteiger partial charge < -0.3 is 20.1 Å². The fraction of sp³-hybridized carbons (Fsp3) is 0.444. The van der Waals surface area contributed by atoms with E-state index in [1.54, 1.807) is 23.3 Å². The molecule has 3 heterocycles. The van der Waals surface area contributed by atoms with Gasteiger partial charge >= 0.3 is 0 Å². The van der Waals surface area contributed by atoms with Crippen molar-refractivity contribution in [1.29, 1.82) is 0 Å². The van der Waals surface area contributed by atoms with Gasteiger partial charge in [0.15, 0.2) is 0 Å². The molecule has 1 aliphatic carbocycles. The molecule has 0 bridgehead atoms. The van der Waals surface area contributed by atoms with Crippen molar-refractivity contribution in [3.63, 3.8) is 0 Å². The number of aliphatic hydroxyl groups excluding tert-OH is 2. The Balaban J connectivity index is 0.00000225. The summed E-state index contributed by atoms with van der Waals surface area (Å²) in [5.41, 5.74) is 1.63. The van der Waals surface area contributed by atoms with Crippen molar-refractivity contribution >= 4 is 49.6 Å². The number of pyridine rings is 1. The van der Waals surface area contributed by atoms with Crippen LogP contribution >= 0.6 is 49.6 Å². The molecule has 4 rings (SSSR count). The van der Waals surface area contributed by atoms with E-state index in [2.05, 4.69) is 25.6 Å². The predicted octanol–water partition coefficient (Wildman–Crippen LogP) is 1.66. The normalized spacial score (nSPS) is 21.9. The number of nitrogens with zero attached hydrogens (tertiary/aromatic N) is 6. The van der Waals surface area contributed by atoms with Crippen LogP contribution in [-0.4, -0.2) is 58.0 Å². The zero-order valence-electron chi connectivity index (χ0n) is 16.7. The van der Waals surface area contributed by atoms with Crippen molar-refractivity contribution in [2.45, 2.75) is 37.8 Å². The lowest BCUT2D eigenvalue weighted by atomic mass is 10.1. The molecule has 0 spiro atoms. The van der Waals surface area contributed by atoms with E-state index in [0.717, 1.165) is 17.1 Å². The van der Waals surface area contributed by atoms with E-state index in [-0.39, 0.29) is 61.6 Å². The highest BCUT2D eigenvalue weighted by molar-refractivity contribution is 5.86. The summed E-state index contributed by atoms with van der Waals surface area (Å²) in [6.45, 7) is 1.03. The monoisotopic (exact) mass is 513 g/mol. The molecule has 0 aromatic carbocycles. The smallest absolute Gasteiger partial charge is 0.122 e. The first-order chi connectivity index (χ1) is 13.1. The Morgan fingerprint density at radius 2 is 1.90 bits per heavy atom. The number of hydrogen-bond donors (Lipinski definition) is 3. The van der Waals surface area contributed by atoms with E-state index < -0.39 is 12.2 Å². The summed E-state index contributed by atoms with van der Waals surface area (Å²) in [6.07, 6.45) is 7.92. The lowest BCUT2D eigenvalue weighted by Crippen LogP contribution is -2.40. The number of aliphatic hydroxyl groups is 2. The lowest BCUT2D eigenvalue weighted by molar-refractivity contribution is 0.00713. The summed E-state index contributed by atoms with van der Waals surface area (Å²) in [5, 5.41) is 32.5. The highest BCUT2D eigenvalue weighted by Gasteiger charge is 2.41. The van der Waals surface area contributed by atoms with Crippen LogP contribution in [0.4, 0.5) is 0 Å². The first-order valence-corrected chi connectivity index (χ1v) is 8.98. The fourth-order valence-corrected chi connectivity index (χ4v) is 3.57. The molecule has 0 aliphatic heterocycles. The maximum absolute atomic E-state index is 10.4. The van der Waals surface area contributed by atoms with Gasteiger partial charge in [-0.25, -0.2) is 4.98 Å². The van der Waals surface area contributed by atoms with Gasteiger partial charge in [-0.1, -0.05) is 5.21 Å². The molecular weight excluding hydrogens is 488 g/mol. The summed E-state index contributed by atoms with van der Waals surface area (Å²) < 4.78 is 3.64. The number of halogens is 4. The maximum atomic E-state index is 10.4. The molecule has 174 valence electrons. The van der Waals surface area contributed by atoms with Crippen LogP contribution in [-0.2, 0) is 20.1 Å². The molecule has 3 N–H and O–H groups in total. The van der Waals surface area contributed by atoms with Crippen molar-refractivity contribution in [2.75, 3.05) is 0 Å². The van der Waals surface area contributed by atoms with E-state index in [1.165, 1.54) is 0 Å². The molecule has 4 atom stereocenters.